The highest BCUT2D eigenvalue weighted by molar-refractivity contribution is 5.78. The van der Waals surface area contributed by atoms with Crippen molar-refractivity contribution in [2.75, 3.05) is 0 Å². The molecule has 4 bridgehead atoms. The number of rotatable bonds is 4. The molecule has 4 aliphatic carbocycles. The molecule has 0 N–H and O–H groups in total. The summed E-state index contributed by atoms with van der Waals surface area (Å²) in [6, 6.07) is 0. The largest absolute Gasteiger partial charge is 0.472 e. The van der Waals surface area contributed by atoms with Gasteiger partial charge in [-0.2, -0.15) is 17.6 Å². The number of hydrogen-bond acceptors (Lipinski definition) is 2. The van der Waals surface area contributed by atoms with Crippen molar-refractivity contribution in [2.24, 2.45) is 23.2 Å². The third-order valence-electron chi connectivity index (χ3n) is 5.35. The van der Waals surface area contributed by atoms with Crippen molar-refractivity contribution in [2.45, 2.75) is 57.0 Å². The van der Waals surface area contributed by atoms with E-state index in [1.54, 1.807) is 0 Å². The van der Waals surface area contributed by atoms with Crippen LogP contribution in [0.3, 0.4) is 0 Å². The second kappa shape index (κ2) is 4.77. The van der Waals surface area contributed by atoms with Crippen LogP contribution in [-0.2, 0) is 9.53 Å². The van der Waals surface area contributed by atoms with E-state index in [1.807, 2.05) is 0 Å². The summed E-state index contributed by atoms with van der Waals surface area (Å²) < 4.78 is 80.2. The molecule has 4 aliphatic rings. The van der Waals surface area contributed by atoms with Gasteiger partial charge in [-0.05, 0) is 56.3 Å². The first-order valence-corrected chi connectivity index (χ1v) is 7.33. The molecule has 0 aromatic rings. The van der Waals surface area contributed by atoms with E-state index in [0.717, 1.165) is 19.3 Å². The fourth-order valence-electron chi connectivity index (χ4n) is 4.78. The molecule has 4 rings (SSSR count). The maximum absolute atomic E-state index is 13.3. The van der Waals surface area contributed by atoms with Crippen LogP contribution in [0, 0.1) is 23.2 Å². The van der Waals surface area contributed by atoms with Gasteiger partial charge in [0.15, 0.2) is 0 Å². The molecule has 0 radical (unpaired) electrons. The van der Waals surface area contributed by atoms with Gasteiger partial charge in [0.25, 0.3) is 0 Å². The lowest BCUT2D eigenvalue weighted by molar-refractivity contribution is -0.362. The zero-order valence-electron chi connectivity index (χ0n) is 11.6. The summed E-state index contributed by atoms with van der Waals surface area (Å²) in [5, 5.41) is 0. The highest BCUT2D eigenvalue weighted by Gasteiger charge is 2.68. The molecule has 0 aromatic carbocycles. The summed E-state index contributed by atoms with van der Waals surface area (Å²) in [6.45, 7) is 0. The number of hydrogen-bond donors (Lipinski definition) is 0. The molecule has 0 unspecified atom stereocenters. The summed E-state index contributed by atoms with van der Waals surface area (Å²) in [6.07, 6.45) is -6.38. The third-order valence-corrected chi connectivity index (χ3v) is 5.35. The minimum atomic E-state index is -5.69. The summed E-state index contributed by atoms with van der Waals surface area (Å²) in [4.78, 5) is 12.1. The summed E-state index contributed by atoms with van der Waals surface area (Å²) >= 11 is 0. The quantitative estimate of drug-likeness (QED) is 0.569. The van der Waals surface area contributed by atoms with E-state index < -0.39 is 29.8 Å². The first-order chi connectivity index (χ1) is 10.1. The smallest absolute Gasteiger partial charge is 0.396 e. The summed E-state index contributed by atoms with van der Waals surface area (Å²) in [5.41, 5.74) is -1.20. The number of esters is 1. The molecule has 8 heteroatoms. The Balaban J connectivity index is 1.77. The lowest BCUT2D eigenvalue weighted by atomic mass is 9.49. The molecule has 0 saturated heterocycles. The van der Waals surface area contributed by atoms with Gasteiger partial charge < -0.3 is 4.74 Å². The normalized spacial score (nSPS) is 37.7. The average molecular weight is 330 g/mol. The van der Waals surface area contributed by atoms with Gasteiger partial charge in [-0.15, -0.1) is 0 Å². The van der Waals surface area contributed by atoms with Crippen LogP contribution < -0.4 is 0 Å². The molecule has 0 aromatic heterocycles. The number of carbonyl (C=O) groups is 1. The molecule has 126 valence electrons. The number of halogens is 6. The minimum Gasteiger partial charge on any atom is -0.396 e. The lowest BCUT2D eigenvalue weighted by Crippen LogP contribution is -2.55. The molecule has 0 heterocycles. The highest BCUT2D eigenvalue weighted by Crippen LogP contribution is 2.61. The van der Waals surface area contributed by atoms with Crippen LogP contribution in [0.5, 0.6) is 0 Å². The minimum absolute atomic E-state index is 0.211. The Hall–Kier alpha value is -0.950. The van der Waals surface area contributed by atoms with Crippen LogP contribution in [-0.4, -0.2) is 24.4 Å². The van der Waals surface area contributed by atoms with Crippen LogP contribution in [0.4, 0.5) is 26.3 Å². The second-order valence-corrected chi connectivity index (χ2v) is 7.03. The second-order valence-electron chi connectivity index (χ2n) is 7.03. The van der Waals surface area contributed by atoms with Gasteiger partial charge in [0.1, 0.15) is 0 Å². The number of carbonyl (C=O) groups excluding carboxylic acids is 1. The maximum atomic E-state index is 13.3. The van der Waals surface area contributed by atoms with E-state index in [2.05, 4.69) is 4.74 Å². The van der Waals surface area contributed by atoms with E-state index in [1.165, 1.54) is 0 Å². The van der Waals surface area contributed by atoms with Crippen LogP contribution in [0.1, 0.15) is 38.5 Å². The van der Waals surface area contributed by atoms with Crippen molar-refractivity contribution in [3.05, 3.63) is 0 Å². The average Bonchev–Trinajstić information content (AvgIpc) is 2.35. The van der Waals surface area contributed by atoms with Crippen molar-refractivity contribution in [3.8, 4) is 0 Å². The Bertz CT molecular complexity index is 441. The van der Waals surface area contributed by atoms with Crippen LogP contribution >= 0.6 is 0 Å². The van der Waals surface area contributed by atoms with E-state index >= 15 is 0 Å². The van der Waals surface area contributed by atoms with Gasteiger partial charge in [-0.3, -0.25) is 4.79 Å². The molecule has 2 nitrogen and oxygen atoms in total. The first-order valence-electron chi connectivity index (χ1n) is 7.33. The monoisotopic (exact) mass is 330 g/mol. The van der Waals surface area contributed by atoms with Gasteiger partial charge in [0.2, 0.25) is 0 Å². The zero-order valence-corrected chi connectivity index (χ0v) is 11.6. The Morgan fingerprint density at radius 3 is 1.73 bits per heavy atom. The SMILES string of the molecule is O=C(OC(F)(F)C(F)(F)C(F)F)C12CC3CC(CC(C3)C1)C2. The maximum Gasteiger partial charge on any atom is 0.472 e. The predicted molar refractivity (Wildman–Crippen MR) is 62.6 cm³/mol. The van der Waals surface area contributed by atoms with E-state index in [4.69, 9.17) is 0 Å². The molecule has 0 aliphatic heterocycles. The van der Waals surface area contributed by atoms with E-state index in [-0.39, 0.29) is 17.8 Å². The summed E-state index contributed by atoms with van der Waals surface area (Å²) in [7, 11) is 0. The number of alkyl halides is 6. The van der Waals surface area contributed by atoms with Gasteiger partial charge in [0.05, 0.1) is 5.41 Å². The Kier molecular flexibility index (Phi) is 3.45. The molecular weight excluding hydrogens is 314 g/mol. The molecule has 0 spiro atoms. The fraction of sp³-hybridized carbons (Fsp3) is 0.929. The Labute approximate surface area is 123 Å². The predicted octanol–water partition coefficient (Wildman–Crippen LogP) is 4.24. The van der Waals surface area contributed by atoms with Gasteiger partial charge in [-0.1, -0.05) is 0 Å². The zero-order chi connectivity index (χ0) is 16.3. The van der Waals surface area contributed by atoms with Crippen molar-refractivity contribution in [1.29, 1.82) is 0 Å². The molecule has 22 heavy (non-hydrogen) atoms. The highest BCUT2D eigenvalue weighted by atomic mass is 19.3. The van der Waals surface area contributed by atoms with Crippen LogP contribution in [0.15, 0.2) is 0 Å². The van der Waals surface area contributed by atoms with Crippen LogP contribution in [0.25, 0.3) is 0 Å². The standard InChI is InChI=1S/C14H16F6O2/c15-10(16)13(17,18)14(19,20)22-11(21)12-4-7-1-8(5-12)3-9(2-7)6-12/h7-10H,1-6H2. The Morgan fingerprint density at radius 1 is 0.955 bits per heavy atom. The number of ether oxygens (including phenoxy) is 1. The molecule has 0 atom stereocenters. The van der Waals surface area contributed by atoms with Gasteiger partial charge in [0, 0.05) is 0 Å². The first kappa shape index (κ1) is 15.9. The molecule has 4 fully saturated rings. The van der Waals surface area contributed by atoms with Crippen molar-refractivity contribution >= 4 is 5.97 Å². The fourth-order valence-corrected chi connectivity index (χ4v) is 4.78. The summed E-state index contributed by atoms with van der Waals surface area (Å²) in [5.74, 6) is -6.50. The van der Waals surface area contributed by atoms with E-state index in [0.29, 0.717) is 19.3 Å². The van der Waals surface area contributed by atoms with Crippen LogP contribution in [0.2, 0.25) is 0 Å². The van der Waals surface area contributed by atoms with Gasteiger partial charge in [-0.25, -0.2) is 8.78 Å². The molecule has 0 amide bonds. The molecule has 4 saturated carbocycles. The molecular formula is C14H16F6O2. The van der Waals surface area contributed by atoms with Crippen molar-refractivity contribution < 1.29 is 35.9 Å². The third kappa shape index (κ3) is 2.29. The van der Waals surface area contributed by atoms with Crippen molar-refractivity contribution in [3.63, 3.8) is 0 Å². The van der Waals surface area contributed by atoms with E-state index in [9.17, 15) is 31.1 Å². The van der Waals surface area contributed by atoms with Crippen molar-refractivity contribution in [1.82, 2.24) is 0 Å². The lowest BCUT2D eigenvalue weighted by Gasteiger charge is -2.55. The topological polar surface area (TPSA) is 26.3 Å². The van der Waals surface area contributed by atoms with Gasteiger partial charge >= 0.3 is 24.4 Å². The Morgan fingerprint density at radius 2 is 1.36 bits per heavy atom.